The van der Waals surface area contributed by atoms with Crippen LogP contribution in [0.4, 0.5) is 0 Å². The van der Waals surface area contributed by atoms with E-state index in [-0.39, 0.29) is 6.61 Å². The summed E-state index contributed by atoms with van der Waals surface area (Å²) in [7, 11) is 0. The number of aldehydes is 1. The third-order valence-corrected chi connectivity index (χ3v) is 1.68. The van der Waals surface area contributed by atoms with Crippen LogP contribution >= 0.6 is 0 Å². The molecule has 1 rings (SSSR count). The zero-order valence-corrected chi connectivity index (χ0v) is 7.03. The molecule has 66 valence electrons. The molecule has 0 atom stereocenters. The van der Waals surface area contributed by atoms with Crippen molar-refractivity contribution in [2.24, 2.45) is 0 Å². The number of nitrogens with zero attached hydrogens (tertiary/aromatic N) is 1. The smallest absolute Gasteiger partial charge is 0.150 e. The average Bonchev–Trinajstić information content (AvgIpc) is 2.17. The van der Waals surface area contributed by atoms with Gasteiger partial charge in [0.2, 0.25) is 0 Å². The van der Waals surface area contributed by atoms with Crippen molar-refractivity contribution in [3.8, 4) is 6.07 Å². The van der Waals surface area contributed by atoms with Crippen LogP contribution in [-0.2, 0) is 6.42 Å². The zero-order valence-electron chi connectivity index (χ0n) is 7.03. The molecule has 0 saturated heterocycles. The van der Waals surface area contributed by atoms with Crippen LogP contribution < -0.4 is 0 Å². The summed E-state index contributed by atoms with van der Waals surface area (Å²) in [5, 5.41) is 17.3. The summed E-state index contributed by atoms with van der Waals surface area (Å²) in [5.74, 6) is 0. The molecule has 0 radical (unpaired) electrons. The molecule has 13 heavy (non-hydrogen) atoms. The van der Waals surface area contributed by atoms with Crippen LogP contribution in [0.5, 0.6) is 0 Å². The van der Waals surface area contributed by atoms with E-state index >= 15 is 0 Å². The molecule has 0 fully saturated rings. The predicted octanol–water partition coefficient (Wildman–Crippen LogP) is 0.906. The van der Waals surface area contributed by atoms with Crippen molar-refractivity contribution in [3.63, 3.8) is 0 Å². The number of nitriles is 1. The lowest BCUT2D eigenvalue weighted by Gasteiger charge is -1.99. The maximum absolute atomic E-state index is 10.5. The molecule has 0 aliphatic carbocycles. The second-order valence-corrected chi connectivity index (χ2v) is 2.67. The minimum Gasteiger partial charge on any atom is -0.396 e. The molecule has 0 aliphatic rings. The van der Waals surface area contributed by atoms with Crippen LogP contribution in [0.25, 0.3) is 0 Å². The van der Waals surface area contributed by atoms with Gasteiger partial charge in [0.25, 0.3) is 0 Å². The third-order valence-electron chi connectivity index (χ3n) is 1.68. The van der Waals surface area contributed by atoms with Crippen LogP contribution in [-0.4, -0.2) is 18.0 Å². The van der Waals surface area contributed by atoms with E-state index in [2.05, 4.69) is 0 Å². The highest BCUT2D eigenvalue weighted by Gasteiger charge is 1.99. The molecule has 0 amide bonds. The highest BCUT2D eigenvalue weighted by molar-refractivity contribution is 5.76. The Morgan fingerprint density at radius 2 is 2.23 bits per heavy atom. The second-order valence-electron chi connectivity index (χ2n) is 2.67. The number of hydrogen-bond donors (Lipinski definition) is 1. The Morgan fingerprint density at radius 3 is 2.77 bits per heavy atom. The number of carbonyl (C=O) groups excluding carboxylic acids is 1. The second kappa shape index (κ2) is 4.39. The molecule has 1 aromatic carbocycles. The summed E-state index contributed by atoms with van der Waals surface area (Å²) in [6.45, 7) is 0.0210. The van der Waals surface area contributed by atoms with E-state index in [9.17, 15) is 4.79 Å². The Labute approximate surface area is 76.2 Å². The van der Waals surface area contributed by atoms with E-state index in [0.29, 0.717) is 23.8 Å². The van der Waals surface area contributed by atoms with Gasteiger partial charge >= 0.3 is 0 Å². The minimum absolute atomic E-state index is 0.0210. The largest absolute Gasteiger partial charge is 0.396 e. The van der Waals surface area contributed by atoms with Gasteiger partial charge in [-0.2, -0.15) is 5.26 Å². The zero-order chi connectivity index (χ0) is 9.68. The quantitative estimate of drug-likeness (QED) is 0.694. The van der Waals surface area contributed by atoms with Gasteiger partial charge in [-0.05, 0) is 30.2 Å². The van der Waals surface area contributed by atoms with Crippen LogP contribution in [0.15, 0.2) is 18.2 Å². The topological polar surface area (TPSA) is 61.1 Å². The minimum atomic E-state index is 0.0210. The molecule has 3 heteroatoms. The van der Waals surface area contributed by atoms with Gasteiger partial charge in [0.15, 0.2) is 0 Å². The number of aliphatic hydroxyl groups excluding tert-OH is 1. The number of carbonyl (C=O) groups is 1. The summed E-state index contributed by atoms with van der Waals surface area (Å²) in [5.41, 5.74) is 1.74. The van der Waals surface area contributed by atoms with Crippen molar-refractivity contribution in [2.45, 2.75) is 6.42 Å². The molecule has 0 saturated carbocycles. The summed E-state index contributed by atoms with van der Waals surface area (Å²) in [6.07, 6.45) is 1.16. The standard InChI is InChI=1S/C10H9NO2/c11-6-9-3-8(1-2-12)4-10(5-9)7-13/h3-5,7,12H,1-2H2. The van der Waals surface area contributed by atoms with Crippen molar-refractivity contribution < 1.29 is 9.90 Å². The lowest BCUT2D eigenvalue weighted by atomic mass is 10.1. The predicted molar refractivity (Wildman–Crippen MR) is 47.3 cm³/mol. The summed E-state index contributed by atoms with van der Waals surface area (Å²) in [6, 6.07) is 6.82. The Bertz CT molecular complexity index is 352. The highest BCUT2D eigenvalue weighted by atomic mass is 16.2. The molecule has 0 heterocycles. The first kappa shape index (κ1) is 9.43. The molecule has 1 N–H and O–H groups in total. The number of hydrogen-bond acceptors (Lipinski definition) is 3. The average molecular weight is 175 g/mol. The van der Waals surface area contributed by atoms with Crippen molar-refractivity contribution in [1.29, 1.82) is 5.26 Å². The van der Waals surface area contributed by atoms with Crippen LogP contribution in [0.3, 0.4) is 0 Å². The molecule has 0 bridgehead atoms. The van der Waals surface area contributed by atoms with E-state index in [0.717, 1.165) is 5.56 Å². The molecule has 0 spiro atoms. The molecular weight excluding hydrogens is 166 g/mol. The van der Waals surface area contributed by atoms with Gasteiger partial charge in [0, 0.05) is 12.2 Å². The third kappa shape index (κ3) is 2.39. The summed E-state index contributed by atoms with van der Waals surface area (Å²) in [4.78, 5) is 10.5. The highest BCUT2D eigenvalue weighted by Crippen LogP contribution is 2.08. The van der Waals surface area contributed by atoms with Crippen molar-refractivity contribution in [1.82, 2.24) is 0 Å². The van der Waals surface area contributed by atoms with Gasteiger partial charge in [-0.3, -0.25) is 4.79 Å². The molecule has 1 aromatic rings. The first-order chi connectivity index (χ1) is 6.30. The SMILES string of the molecule is N#Cc1cc(C=O)cc(CCO)c1. The maximum atomic E-state index is 10.5. The van der Waals surface area contributed by atoms with E-state index in [4.69, 9.17) is 10.4 Å². The molecule has 0 unspecified atom stereocenters. The van der Waals surface area contributed by atoms with Crippen LogP contribution in [0.2, 0.25) is 0 Å². The van der Waals surface area contributed by atoms with Gasteiger partial charge in [0.05, 0.1) is 11.6 Å². The maximum Gasteiger partial charge on any atom is 0.150 e. The first-order valence-corrected chi connectivity index (χ1v) is 3.90. The van der Waals surface area contributed by atoms with Crippen molar-refractivity contribution >= 4 is 6.29 Å². The van der Waals surface area contributed by atoms with E-state index in [1.54, 1.807) is 12.1 Å². The molecular formula is C10H9NO2. The van der Waals surface area contributed by atoms with Gasteiger partial charge in [-0.1, -0.05) is 0 Å². The van der Waals surface area contributed by atoms with Gasteiger partial charge in [-0.15, -0.1) is 0 Å². The van der Waals surface area contributed by atoms with Crippen molar-refractivity contribution in [2.75, 3.05) is 6.61 Å². The van der Waals surface area contributed by atoms with E-state index < -0.39 is 0 Å². The van der Waals surface area contributed by atoms with Gasteiger partial charge < -0.3 is 5.11 Å². The lowest BCUT2D eigenvalue weighted by molar-refractivity contribution is 0.112. The monoisotopic (exact) mass is 175 g/mol. The molecule has 0 aliphatic heterocycles. The fraction of sp³-hybridized carbons (Fsp3) is 0.200. The summed E-state index contributed by atoms with van der Waals surface area (Å²) < 4.78 is 0. The Kier molecular flexibility index (Phi) is 3.18. The number of benzene rings is 1. The Hall–Kier alpha value is -1.66. The van der Waals surface area contributed by atoms with Crippen LogP contribution in [0, 0.1) is 11.3 Å². The van der Waals surface area contributed by atoms with Gasteiger partial charge in [0.1, 0.15) is 6.29 Å². The van der Waals surface area contributed by atoms with Crippen LogP contribution in [0.1, 0.15) is 21.5 Å². The number of aliphatic hydroxyl groups is 1. The fourth-order valence-electron chi connectivity index (χ4n) is 1.12. The lowest BCUT2D eigenvalue weighted by Crippen LogP contribution is -1.93. The fourth-order valence-corrected chi connectivity index (χ4v) is 1.12. The van der Waals surface area contributed by atoms with Crippen molar-refractivity contribution in [3.05, 3.63) is 34.9 Å². The number of rotatable bonds is 3. The first-order valence-electron chi connectivity index (χ1n) is 3.90. The normalized spacial score (nSPS) is 9.23. The summed E-state index contributed by atoms with van der Waals surface area (Å²) >= 11 is 0. The Balaban J connectivity index is 3.08. The molecule has 3 nitrogen and oxygen atoms in total. The molecule has 0 aromatic heterocycles. The van der Waals surface area contributed by atoms with Gasteiger partial charge in [-0.25, -0.2) is 0 Å². The Morgan fingerprint density at radius 1 is 1.46 bits per heavy atom. The van der Waals surface area contributed by atoms with E-state index in [1.165, 1.54) is 6.07 Å². The van der Waals surface area contributed by atoms with E-state index in [1.807, 2.05) is 6.07 Å².